The van der Waals surface area contributed by atoms with Crippen molar-refractivity contribution in [1.29, 1.82) is 0 Å². The minimum Gasteiger partial charge on any atom is -0.388 e. The van der Waals surface area contributed by atoms with E-state index in [1.807, 2.05) is 0 Å². The van der Waals surface area contributed by atoms with Gasteiger partial charge in [0.1, 0.15) is 17.7 Å². The third-order valence-electron chi connectivity index (χ3n) is 3.05. The number of aliphatic hydroxyl groups is 2. The molecular formula is C11H12N4O2. The van der Waals surface area contributed by atoms with Gasteiger partial charge in [-0.15, -0.1) is 0 Å². The summed E-state index contributed by atoms with van der Waals surface area (Å²) in [5.74, 6) is 0.360. The predicted octanol–water partition coefficient (Wildman–Crippen LogP) is -0.154. The average Bonchev–Trinajstić information content (AvgIpc) is 2.86. The van der Waals surface area contributed by atoms with E-state index in [-0.39, 0.29) is 6.04 Å². The fraction of sp³-hybridized carbons (Fsp3) is 0.273. The van der Waals surface area contributed by atoms with Crippen molar-refractivity contribution in [1.82, 2.24) is 14.5 Å². The Labute approximate surface area is 97.0 Å². The van der Waals surface area contributed by atoms with Gasteiger partial charge in [0.2, 0.25) is 0 Å². The summed E-state index contributed by atoms with van der Waals surface area (Å²) >= 11 is 0. The van der Waals surface area contributed by atoms with E-state index in [0.29, 0.717) is 11.3 Å². The van der Waals surface area contributed by atoms with Gasteiger partial charge in [0, 0.05) is 6.20 Å². The zero-order valence-corrected chi connectivity index (χ0v) is 8.93. The molecule has 3 atom stereocenters. The van der Waals surface area contributed by atoms with Gasteiger partial charge >= 0.3 is 0 Å². The molecule has 3 rings (SSSR count). The minimum absolute atomic E-state index is 0.322. The number of rotatable bonds is 1. The zero-order valence-electron chi connectivity index (χ0n) is 8.93. The first-order chi connectivity index (χ1) is 8.18. The summed E-state index contributed by atoms with van der Waals surface area (Å²) in [7, 11) is 0. The highest BCUT2D eigenvalue weighted by Crippen LogP contribution is 2.28. The molecule has 0 spiro atoms. The van der Waals surface area contributed by atoms with Crippen LogP contribution in [-0.4, -0.2) is 37.0 Å². The molecule has 6 heteroatoms. The summed E-state index contributed by atoms with van der Waals surface area (Å²) in [6.45, 7) is 0. The number of hydrogen-bond donors (Lipinski definition) is 3. The number of imidazole rings is 1. The molecule has 0 saturated heterocycles. The van der Waals surface area contributed by atoms with Crippen molar-refractivity contribution in [2.45, 2.75) is 18.2 Å². The normalized spacial score (nSPS) is 28.0. The molecule has 0 amide bonds. The third-order valence-corrected chi connectivity index (χ3v) is 3.05. The molecule has 0 fully saturated rings. The SMILES string of the molecule is Nc1nccc2c1ncn2C1C=C[C@@H](O)[C@H]1O. The second kappa shape index (κ2) is 3.54. The van der Waals surface area contributed by atoms with Gasteiger partial charge < -0.3 is 20.5 Å². The Balaban J connectivity index is 2.13. The van der Waals surface area contributed by atoms with Crippen molar-refractivity contribution in [3.05, 3.63) is 30.7 Å². The lowest BCUT2D eigenvalue weighted by Crippen LogP contribution is -2.27. The molecule has 0 radical (unpaired) electrons. The van der Waals surface area contributed by atoms with Crippen molar-refractivity contribution >= 4 is 16.9 Å². The topological polar surface area (TPSA) is 97.2 Å². The van der Waals surface area contributed by atoms with Crippen LogP contribution in [0.2, 0.25) is 0 Å². The highest BCUT2D eigenvalue weighted by Gasteiger charge is 2.30. The van der Waals surface area contributed by atoms with Crippen LogP contribution < -0.4 is 5.73 Å². The van der Waals surface area contributed by atoms with E-state index in [0.717, 1.165) is 5.52 Å². The molecule has 1 unspecified atom stereocenters. The minimum atomic E-state index is -0.859. The lowest BCUT2D eigenvalue weighted by molar-refractivity contribution is 0.0376. The first-order valence-corrected chi connectivity index (χ1v) is 5.30. The molecule has 0 aromatic carbocycles. The van der Waals surface area contributed by atoms with E-state index in [1.54, 1.807) is 35.3 Å². The Morgan fingerprint density at radius 2 is 2.06 bits per heavy atom. The van der Waals surface area contributed by atoms with Crippen molar-refractivity contribution in [2.24, 2.45) is 0 Å². The van der Waals surface area contributed by atoms with Gasteiger partial charge in [0.15, 0.2) is 5.82 Å². The Kier molecular flexibility index (Phi) is 2.13. The third kappa shape index (κ3) is 1.42. The highest BCUT2D eigenvalue weighted by molar-refractivity contribution is 5.84. The Morgan fingerprint density at radius 3 is 2.76 bits per heavy atom. The van der Waals surface area contributed by atoms with E-state index in [2.05, 4.69) is 9.97 Å². The Hall–Kier alpha value is -1.92. The monoisotopic (exact) mass is 232 g/mol. The number of pyridine rings is 1. The van der Waals surface area contributed by atoms with Crippen LogP contribution in [0, 0.1) is 0 Å². The van der Waals surface area contributed by atoms with Crippen LogP contribution in [0.15, 0.2) is 30.7 Å². The quantitative estimate of drug-likeness (QED) is 0.594. The van der Waals surface area contributed by atoms with Gasteiger partial charge in [-0.3, -0.25) is 0 Å². The second-order valence-corrected chi connectivity index (χ2v) is 4.07. The number of nitrogens with zero attached hydrogens (tertiary/aromatic N) is 3. The maximum absolute atomic E-state index is 9.85. The van der Waals surface area contributed by atoms with Gasteiger partial charge in [-0.25, -0.2) is 9.97 Å². The molecule has 2 heterocycles. The highest BCUT2D eigenvalue weighted by atomic mass is 16.3. The maximum Gasteiger partial charge on any atom is 0.151 e. The molecule has 2 aromatic heterocycles. The molecule has 0 aliphatic heterocycles. The largest absolute Gasteiger partial charge is 0.388 e. The van der Waals surface area contributed by atoms with Gasteiger partial charge in [-0.1, -0.05) is 12.2 Å². The first-order valence-electron chi connectivity index (χ1n) is 5.30. The van der Waals surface area contributed by atoms with E-state index in [1.165, 1.54) is 0 Å². The standard InChI is InChI=1S/C11H12N4O2/c12-11-9-6(3-4-13-11)15(5-14-9)7-1-2-8(16)10(7)17/h1-5,7-8,10,16-17H,(H2,12,13)/t7?,8-,10+/m1/s1. The van der Waals surface area contributed by atoms with Crippen LogP contribution in [0.4, 0.5) is 5.82 Å². The molecule has 2 aromatic rings. The molecule has 88 valence electrons. The summed E-state index contributed by atoms with van der Waals surface area (Å²) < 4.78 is 1.78. The lowest BCUT2D eigenvalue weighted by atomic mass is 10.2. The summed E-state index contributed by atoms with van der Waals surface area (Å²) in [6, 6.07) is 1.46. The molecule has 0 bridgehead atoms. The van der Waals surface area contributed by atoms with Crippen molar-refractivity contribution in [2.75, 3.05) is 5.73 Å². The Bertz CT molecular complexity index is 592. The van der Waals surface area contributed by atoms with Crippen LogP contribution in [-0.2, 0) is 0 Å². The average molecular weight is 232 g/mol. The fourth-order valence-electron chi connectivity index (χ4n) is 2.13. The number of aromatic nitrogens is 3. The number of aliphatic hydroxyl groups excluding tert-OH is 2. The number of nitrogen functional groups attached to an aromatic ring is 1. The van der Waals surface area contributed by atoms with Crippen LogP contribution in [0.5, 0.6) is 0 Å². The van der Waals surface area contributed by atoms with Gasteiger partial charge in [-0.05, 0) is 6.07 Å². The number of anilines is 1. The smallest absolute Gasteiger partial charge is 0.151 e. The molecule has 17 heavy (non-hydrogen) atoms. The predicted molar refractivity (Wildman–Crippen MR) is 62.1 cm³/mol. The summed E-state index contributed by atoms with van der Waals surface area (Å²) in [4.78, 5) is 8.12. The molecule has 6 nitrogen and oxygen atoms in total. The van der Waals surface area contributed by atoms with Gasteiger partial charge in [-0.2, -0.15) is 0 Å². The van der Waals surface area contributed by atoms with Crippen molar-refractivity contribution in [3.8, 4) is 0 Å². The second-order valence-electron chi connectivity index (χ2n) is 4.07. The first kappa shape index (κ1) is 10.2. The van der Waals surface area contributed by atoms with E-state index >= 15 is 0 Å². The van der Waals surface area contributed by atoms with Crippen LogP contribution in [0.3, 0.4) is 0 Å². The fourth-order valence-corrected chi connectivity index (χ4v) is 2.13. The zero-order chi connectivity index (χ0) is 12.0. The van der Waals surface area contributed by atoms with E-state index in [9.17, 15) is 10.2 Å². The molecule has 0 saturated carbocycles. The Morgan fingerprint density at radius 1 is 1.24 bits per heavy atom. The lowest BCUT2D eigenvalue weighted by Gasteiger charge is -2.18. The summed E-state index contributed by atoms with van der Waals surface area (Å²) in [6.07, 6.45) is 4.83. The number of fused-ring (bicyclic) bond motifs is 1. The summed E-state index contributed by atoms with van der Waals surface area (Å²) in [5, 5.41) is 19.3. The van der Waals surface area contributed by atoms with E-state index in [4.69, 9.17) is 5.73 Å². The number of nitrogens with two attached hydrogens (primary N) is 1. The van der Waals surface area contributed by atoms with Crippen LogP contribution in [0.1, 0.15) is 6.04 Å². The number of hydrogen-bond acceptors (Lipinski definition) is 5. The molecular weight excluding hydrogens is 220 g/mol. The van der Waals surface area contributed by atoms with Crippen LogP contribution >= 0.6 is 0 Å². The summed E-state index contributed by atoms with van der Waals surface area (Å²) in [5.41, 5.74) is 7.11. The van der Waals surface area contributed by atoms with Crippen molar-refractivity contribution < 1.29 is 10.2 Å². The molecule has 4 N–H and O–H groups in total. The molecule has 1 aliphatic carbocycles. The van der Waals surface area contributed by atoms with Gasteiger partial charge in [0.05, 0.1) is 17.9 Å². The maximum atomic E-state index is 9.85. The molecule has 1 aliphatic rings. The van der Waals surface area contributed by atoms with E-state index < -0.39 is 12.2 Å². The van der Waals surface area contributed by atoms with Crippen LogP contribution in [0.25, 0.3) is 11.0 Å². The van der Waals surface area contributed by atoms with Crippen molar-refractivity contribution in [3.63, 3.8) is 0 Å². The van der Waals surface area contributed by atoms with Gasteiger partial charge in [0.25, 0.3) is 0 Å².